The maximum Gasteiger partial charge on any atom is 0.257 e. The third-order valence-corrected chi connectivity index (χ3v) is 5.70. The summed E-state index contributed by atoms with van der Waals surface area (Å²) in [5, 5.41) is 8.86. The minimum absolute atomic E-state index is 0.0427. The number of likely N-dealkylation sites (tertiary alicyclic amines) is 2. The topological polar surface area (TPSA) is 64.4 Å². The summed E-state index contributed by atoms with van der Waals surface area (Å²) in [5.41, 5.74) is -0.686. The van der Waals surface area contributed by atoms with E-state index in [1.54, 1.807) is 4.90 Å². The van der Waals surface area contributed by atoms with Gasteiger partial charge in [0.2, 0.25) is 5.91 Å². The molecule has 2 saturated heterocycles. The summed E-state index contributed by atoms with van der Waals surface area (Å²) in [6.45, 7) is 1.24. The van der Waals surface area contributed by atoms with Crippen molar-refractivity contribution in [2.45, 2.75) is 50.1 Å². The van der Waals surface area contributed by atoms with Crippen molar-refractivity contribution in [3.05, 3.63) is 35.1 Å². The lowest BCUT2D eigenvalue weighted by Crippen LogP contribution is -2.61. The number of carbonyl (C=O) groups excluding carboxylic acids is 2. The largest absolute Gasteiger partial charge is 0.338 e. The number of benzene rings is 1. The number of rotatable bonds is 2. The van der Waals surface area contributed by atoms with Gasteiger partial charge in [0.05, 0.1) is 17.2 Å². The predicted octanol–water partition coefficient (Wildman–Crippen LogP) is 2.46. The van der Waals surface area contributed by atoms with E-state index >= 15 is 0 Å². The van der Waals surface area contributed by atoms with Gasteiger partial charge in [0.1, 0.15) is 11.4 Å². The lowest BCUT2D eigenvalue weighted by molar-refractivity contribution is -0.146. The summed E-state index contributed by atoms with van der Waals surface area (Å²) >= 11 is 0. The van der Waals surface area contributed by atoms with Gasteiger partial charge in [-0.3, -0.25) is 9.59 Å². The Labute approximate surface area is 146 Å². The molecule has 3 aliphatic rings. The van der Waals surface area contributed by atoms with E-state index in [1.807, 2.05) is 11.0 Å². The smallest absolute Gasteiger partial charge is 0.257 e. The Kier molecular flexibility index (Phi) is 3.75. The predicted molar refractivity (Wildman–Crippen MR) is 88.1 cm³/mol. The summed E-state index contributed by atoms with van der Waals surface area (Å²) in [6.07, 6.45) is 5.02. The SMILES string of the molecule is N#Cc1ccc(C(=O)N2CCCC23CCCN(C2CC2)C3=O)c(F)c1. The number of hydrogen-bond acceptors (Lipinski definition) is 3. The van der Waals surface area contributed by atoms with Crippen LogP contribution in [0.3, 0.4) is 0 Å². The van der Waals surface area contributed by atoms with Crippen LogP contribution < -0.4 is 0 Å². The van der Waals surface area contributed by atoms with Crippen LogP contribution >= 0.6 is 0 Å². The molecule has 0 N–H and O–H groups in total. The normalized spacial score (nSPS) is 26.2. The highest BCUT2D eigenvalue weighted by molar-refractivity contribution is 6.00. The van der Waals surface area contributed by atoms with E-state index in [-0.39, 0.29) is 17.0 Å². The zero-order chi connectivity index (χ0) is 17.6. The highest BCUT2D eigenvalue weighted by Gasteiger charge is 2.54. The molecule has 0 aromatic heterocycles. The minimum atomic E-state index is -0.807. The van der Waals surface area contributed by atoms with E-state index in [1.165, 1.54) is 12.1 Å². The molecule has 1 aromatic carbocycles. The average molecular weight is 341 g/mol. The van der Waals surface area contributed by atoms with Crippen molar-refractivity contribution in [2.75, 3.05) is 13.1 Å². The van der Waals surface area contributed by atoms with E-state index in [4.69, 9.17) is 5.26 Å². The first-order chi connectivity index (χ1) is 12.1. The molecule has 4 rings (SSSR count). The number of halogens is 1. The number of piperidine rings is 1. The Bertz CT molecular complexity index is 783. The Morgan fingerprint density at radius 3 is 2.60 bits per heavy atom. The fourth-order valence-corrected chi connectivity index (χ4v) is 4.31. The highest BCUT2D eigenvalue weighted by atomic mass is 19.1. The Morgan fingerprint density at radius 2 is 1.96 bits per heavy atom. The first kappa shape index (κ1) is 16.1. The number of carbonyl (C=O) groups is 2. The van der Waals surface area contributed by atoms with Crippen molar-refractivity contribution in [2.24, 2.45) is 0 Å². The van der Waals surface area contributed by atoms with Crippen LogP contribution in [-0.4, -0.2) is 46.3 Å². The van der Waals surface area contributed by atoms with Crippen molar-refractivity contribution in [3.63, 3.8) is 0 Å². The number of nitriles is 1. The molecular weight excluding hydrogens is 321 g/mol. The molecule has 2 heterocycles. The third-order valence-electron chi connectivity index (χ3n) is 5.70. The van der Waals surface area contributed by atoms with Gasteiger partial charge in [0.25, 0.3) is 5.91 Å². The first-order valence-corrected chi connectivity index (χ1v) is 8.89. The molecule has 6 heteroatoms. The quantitative estimate of drug-likeness (QED) is 0.830. The molecular formula is C19H20FN3O2. The molecule has 0 radical (unpaired) electrons. The van der Waals surface area contributed by atoms with Crippen molar-refractivity contribution in [1.29, 1.82) is 5.26 Å². The van der Waals surface area contributed by atoms with Crippen molar-refractivity contribution in [1.82, 2.24) is 9.80 Å². The minimum Gasteiger partial charge on any atom is -0.338 e. The van der Waals surface area contributed by atoms with Crippen LogP contribution in [0.1, 0.15) is 54.4 Å². The molecule has 130 valence electrons. The van der Waals surface area contributed by atoms with Crippen LogP contribution in [-0.2, 0) is 4.79 Å². The summed E-state index contributed by atoms with van der Waals surface area (Å²) in [6, 6.07) is 6.07. The van der Waals surface area contributed by atoms with Crippen molar-refractivity contribution in [3.8, 4) is 6.07 Å². The lowest BCUT2D eigenvalue weighted by Gasteiger charge is -2.44. The summed E-state index contributed by atoms with van der Waals surface area (Å²) in [4.78, 5) is 29.7. The molecule has 1 unspecified atom stereocenters. The van der Waals surface area contributed by atoms with Crippen LogP contribution in [0.4, 0.5) is 4.39 Å². The van der Waals surface area contributed by atoms with Gasteiger partial charge in [-0.05, 0) is 56.7 Å². The van der Waals surface area contributed by atoms with Crippen LogP contribution in [0.15, 0.2) is 18.2 Å². The van der Waals surface area contributed by atoms with E-state index < -0.39 is 17.3 Å². The Morgan fingerprint density at radius 1 is 1.24 bits per heavy atom. The van der Waals surface area contributed by atoms with Crippen LogP contribution in [0.2, 0.25) is 0 Å². The van der Waals surface area contributed by atoms with E-state index in [0.717, 1.165) is 38.3 Å². The van der Waals surface area contributed by atoms with Gasteiger partial charge < -0.3 is 9.80 Å². The van der Waals surface area contributed by atoms with Gasteiger partial charge in [-0.15, -0.1) is 0 Å². The average Bonchev–Trinajstić information content (AvgIpc) is 3.37. The number of hydrogen-bond donors (Lipinski definition) is 0. The fourth-order valence-electron chi connectivity index (χ4n) is 4.31. The van der Waals surface area contributed by atoms with Gasteiger partial charge in [0, 0.05) is 19.1 Å². The number of nitrogens with zero attached hydrogens (tertiary/aromatic N) is 3. The van der Waals surface area contributed by atoms with Crippen molar-refractivity contribution >= 4 is 11.8 Å². The second kappa shape index (κ2) is 5.83. The zero-order valence-electron chi connectivity index (χ0n) is 14.0. The second-order valence-electron chi connectivity index (χ2n) is 7.23. The molecule has 0 bridgehead atoms. The van der Waals surface area contributed by atoms with E-state index in [9.17, 15) is 14.0 Å². The van der Waals surface area contributed by atoms with E-state index in [0.29, 0.717) is 25.4 Å². The standard InChI is InChI=1S/C19H20FN3O2/c20-16-11-13(12-21)3-6-15(16)17(24)23-10-2-8-19(23)7-1-9-22(18(19)25)14-4-5-14/h3,6,11,14H,1-2,4-5,7-10H2. The van der Waals surface area contributed by atoms with Crippen LogP contribution in [0, 0.1) is 17.1 Å². The first-order valence-electron chi connectivity index (χ1n) is 8.89. The van der Waals surface area contributed by atoms with Gasteiger partial charge in [-0.2, -0.15) is 5.26 Å². The summed E-state index contributed by atoms with van der Waals surface area (Å²) in [5.74, 6) is -1.10. The molecule has 25 heavy (non-hydrogen) atoms. The van der Waals surface area contributed by atoms with Gasteiger partial charge in [0.15, 0.2) is 0 Å². The van der Waals surface area contributed by atoms with Crippen LogP contribution in [0.5, 0.6) is 0 Å². The Balaban J connectivity index is 1.66. The molecule has 1 spiro atoms. The van der Waals surface area contributed by atoms with Gasteiger partial charge in [-0.25, -0.2) is 4.39 Å². The molecule has 2 aliphatic heterocycles. The van der Waals surface area contributed by atoms with Crippen LogP contribution in [0.25, 0.3) is 0 Å². The highest BCUT2D eigenvalue weighted by Crippen LogP contribution is 2.42. The molecule has 1 atom stereocenters. The third kappa shape index (κ3) is 2.50. The second-order valence-corrected chi connectivity index (χ2v) is 7.23. The zero-order valence-corrected chi connectivity index (χ0v) is 14.0. The molecule has 3 fully saturated rings. The van der Waals surface area contributed by atoms with Gasteiger partial charge >= 0.3 is 0 Å². The monoisotopic (exact) mass is 341 g/mol. The van der Waals surface area contributed by atoms with Gasteiger partial charge in [-0.1, -0.05) is 0 Å². The lowest BCUT2D eigenvalue weighted by atomic mass is 9.85. The molecule has 5 nitrogen and oxygen atoms in total. The molecule has 1 aliphatic carbocycles. The summed E-state index contributed by atoms with van der Waals surface area (Å²) < 4.78 is 14.3. The maximum atomic E-state index is 14.3. The number of amides is 2. The van der Waals surface area contributed by atoms with E-state index in [2.05, 4.69) is 0 Å². The molecule has 2 amide bonds. The fraction of sp³-hybridized carbons (Fsp3) is 0.526. The maximum absolute atomic E-state index is 14.3. The summed E-state index contributed by atoms with van der Waals surface area (Å²) in [7, 11) is 0. The Hall–Kier alpha value is -2.42. The molecule has 1 aromatic rings. The van der Waals surface area contributed by atoms with Crippen molar-refractivity contribution < 1.29 is 14.0 Å². The molecule has 1 saturated carbocycles.